The standard InChI is InChI=1S/C16H20BF4NO3.C16H10F7N5O.C12H24B2O4.C10H8BrF4NO.C6H2ClF3N4.C5H2BrF2N.C5H7F3O.C4H6O.5CH4/c1-13(2)14(3,4)25-17(24-13)10-8-11(18)12(22-9-10)23-15(6-5-7-15)16(19,20)21;17-9-4-8(5-25-12(9)29-14(2-1-3-14)16(21,22)23)10-7-28-11(6-24-10)26-27-13(28)15(18,19)20;1-9(2)10(3,4)16-13(15-9)14-17-11(5,6)12(7,8)18-14;11-6-4-7(12)8(16-5-6)17-9(2-1-3-9)10(13,14)15;7-3-2-14-4(1-11-3)12-13-5(14)6(8,9)10;6-3-1-4(7)5(8)9-2-3;6-5(7,8)4(9)2-1-3-4;5-4-2-1-3-4;;;;;/h8-9H,5-7H2,1-4H3;4-7H,1-3H2;1-8H3;4-5H,1-3H2;1-2H;1-2H;9H,1-3H2;1-3H2;5*1H4. The summed E-state index contributed by atoms with van der Waals surface area (Å²) < 4.78 is 346. The van der Waals surface area contributed by atoms with Crippen LogP contribution >= 0.6 is 43.5 Å². The number of halogens is 26. The van der Waals surface area contributed by atoms with Gasteiger partial charge in [0.2, 0.25) is 34.4 Å². The molecule has 1 N–H and O–H groups in total. The van der Waals surface area contributed by atoms with E-state index in [1.54, 1.807) is 0 Å². The molecule has 8 aliphatic rings. The maximum absolute atomic E-state index is 14.3. The van der Waals surface area contributed by atoms with E-state index >= 15 is 0 Å². The van der Waals surface area contributed by atoms with Crippen LogP contribution in [0.1, 0.15) is 228 Å². The summed E-state index contributed by atoms with van der Waals surface area (Å²) in [7, 11) is -1.80. The zero-order valence-electron chi connectivity index (χ0n) is 68.5. The van der Waals surface area contributed by atoms with Crippen LogP contribution in [0, 0.1) is 29.2 Å². The van der Waals surface area contributed by atoms with Gasteiger partial charge in [-0.1, -0.05) is 48.7 Å². The molecule has 16 rings (SSSR count). The molecule has 11 heterocycles. The largest absolute Gasteiger partial charge is 0.496 e. The number of hydrogen-bond donors (Lipinski definition) is 1. The quantitative estimate of drug-likeness (QED) is 0.0800. The smallest absolute Gasteiger partial charge is 0.459 e. The number of ketones is 1. The van der Waals surface area contributed by atoms with E-state index in [9.17, 15) is 106 Å². The molecule has 0 bridgehead atoms. The minimum Gasteiger partial charge on any atom is -0.459 e. The highest BCUT2D eigenvalue weighted by atomic mass is 79.9. The number of nitrogens with zero attached hydrogens (tertiary/aromatic N) is 12. The molecular weight excluding hydrogens is 1960 g/mol. The molecule has 0 spiro atoms. The van der Waals surface area contributed by atoms with Crippen LogP contribution in [0.4, 0.5) is 101 Å². The molecule has 5 aliphatic carbocycles. The highest BCUT2D eigenvalue weighted by Crippen LogP contribution is 2.53. The minimum atomic E-state index is -4.78. The average molecular weight is 2060 g/mol. The van der Waals surface area contributed by atoms with Gasteiger partial charge in [0.05, 0.1) is 51.7 Å². The number of Topliss-reactive ketones (excluding diaryl/α,β-unsaturated/α-hetero) is 1. The zero-order valence-corrected chi connectivity index (χ0v) is 72.4. The van der Waals surface area contributed by atoms with Crippen molar-refractivity contribution in [1.82, 2.24) is 59.1 Å². The Hall–Kier alpha value is -7.68. The third-order valence-corrected chi connectivity index (χ3v) is 23.4. The van der Waals surface area contributed by atoms with Gasteiger partial charge in [-0.25, -0.2) is 42.5 Å². The molecule has 8 fully saturated rings. The number of alkyl halides is 18. The summed E-state index contributed by atoms with van der Waals surface area (Å²) in [5.74, 6) is -9.17. The van der Waals surface area contributed by atoms with Crippen molar-refractivity contribution in [2.75, 3.05) is 0 Å². The van der Waals surface area contributed by atoms with E-state index in [-0.39, 0.29) is 150 Å². The molecule has 131 heavy (non-hydrogen) atoms. The van der Waals surface area contributed by atoms with Crippen LogP contribution in [0.5, 0.6) is 17.6 Å². The van der Waals surface area contributed by atoms with Gasteiger partial charge in [-0.05, 0) is 223 Å². The lowest BCUT2D eigenvalue weighted by molar-refractivity contribution is -0.286. The maximum Gasteiger partial charge on any atom is 0.496 e. The van der Waals surface area contributed by atoms with Crippen LogP contribution in [-0.4, -0.2) is 172 Å². The van der Waals surface area contributed by atoms with E-state index in [4.69, 9.17) is 58.8 Å². The predicted molar refractivity (Wildman–Crippen MR) is 443 cm³/mol. The monoisotopic (exact) mass is 2050 g/mol. The number of carbonyl (C=O) groups excluding carboxylic acids is 1. The Morgan fingerprint density at radius 2 is 0.733 bits per heavy atom. The Balaban J connectivity index is 0.000000324. The molecule has 8 aromatic rings. The van der Waals surface area contributed by atoms with Gasteiger partial charge in [-0.15, -0.1) is 20.4 Å². The lowest BCUT2D eigenvalue weighted by atomic mass is 9.49. The molecular formula is C79H99B3Br2ClF23N12O11. The van der Waals surface area contributed by atoms with Crippen LogP contribution in [0.2, 0.25) is 5.15 Å². The van der Waals surface area contributed by atoms with Crippen molar-refractivity contribution >= 4 is 87.1 Å². The summed E-state index contributed by atoms with van der Waals surface area (Å²) in [4.78, 5) is 31.3. The molecule has 0 radical (unpaired) electrons. The molecule has 3 saturated heterocycles. The number of aromatic nitrogens is 12. The van der Waals surface area contributed by atoms with Gasteiger partial charge in [0.15, 0.2) is 40.2 Å². The molecule has 0 aromatic carbocycles. The number of rotatable bonds is 9. The van der Waals surface area contributed by atoms with Crippen molar-refractivity contribution in [2.45, 2.75) is 310 Å². The summed E-state index contributed by atoms with van der Waals surface area (Å²) in [6, 6.07) is 3.87. The van der Waals surface area contributed by atoms with Crippen LogP contribution in [0.25, 0.3) is 22.6 Å². The Labute approximate surface area is 762 Å². The normalized spacial score (nSPS) is 19.7. The molecule has 23 nitrogen and oxygen atoms in total. The number of aliphatic hydroxyl groups is 1. The summed E-state index contributed by atoms with van der Waals surface area (Å²) in [6.45, 7) is 23.6. The molecule has 3 aliphatic heterocycles. The molecule has 52 heteroatoms. The summed E-state index contributed by atoms with van der Waals surface area (Å²) in [5.41, 5.74) is -12.2. The molecule has 0 unspecified atom stereocenters. The third-order valence-electron chi connectivity index (χ3n) is 22.3. The van der Waals surface area contributed by atoms with E-state index in [0.29, 0.717) is 38.4 Å². The second-order valence-electron chi connectivity index (χ2n) is 32.9. The van der Waals surface area contributed by atoms with E-state index < -0.39 is 150 Å². The fourth-order valence-electron chi connectivity index (χ4n) is 11.7. The summed E-state index contributed by atoms with van der Waals surface area (Å²) in [5, 5.41) is 21.3. The Bertz CT molecular complexity index is 5070. The van der Waals surface area contributed by atoms with Crippen molar-refractivity contribution in [3.8, 4) is 28.9 Å². The Morgan fingerprint density at radius 1 is 0.405 bits per heavy atom. The first kappa shape index (κ1) is 116. The zero-order chi connectivity index (χ0) is 94.4. The van der Waals surface area contributed by atoms with Crippen molar-refractivity contribution in [1.29, 1.82) is 0 Å². The van der Waals surface area contributed by atoms with E-state index in [0.717, 1.165) is 78.9 Å². The fraction of sp³-hybridized carbons (Fsp3) is 0.608. The Kier molecular flexibility index (Phi) is 37.3. The first-order valence-corrected chi connectivity index (χ1v) is 40.0. The van der Waals surface area contributed by atoms with Crippen LogP contribution < -0.4 is 19.7 Å². The van der Waals surface area contributed by atoms with E-state index in [1.165, 1.54) is 18.6 Å². The highest BCUT2D eigenvalue weighted by Gasteiger charge is 2.66. The molecule has 0 amide bonds. The van der Waals surface area contributed by atoms with Crippen LogP contribution in [-0.2, 0) is 45.1 Å². The van der Waals surface area contributed by atoms with Gasteiger partial charge in [-0.2, -0.15) is 83.4 Å². The lowest BCUT2D eigenvalue weighted by Crippen LogP contribution is -2.55. The first-order chi connectivity index (χ1) is 57.6. The first-order valence-electron chi connectivity index (χ1n) is 38.1. The van der Waals surface area contributed by atoms with E-state index in [1.807, 2.05) is 83.1 Å². The van der Waals surface area contributed by atoms with Crippen LogP contribution in [0.3, 0.4) is 0 Å². The number of pyridine rings is 4. The number of hydrogen-bond acceptors (Lipinski definition) is 21. The average Bonchev–Trinajstić information content (AvgIpc) is 0.976. The molecule has 8 aromatic heterocycles. The van der Waals surface area contributed by atoms with E-state index in [2.05, 4.69) is 82.2 Å². The molecule has 732 valence electrons. The predicted octanol–water partition coefficient (Wildman–Crippen LogP) is 23.0. The van der Waals surface area contributed by atoms with Gasteiger partial charge < -0.3 is 47.2 Å². The Morgan fingerprint density at radius 3 is 1.02 bits per heavy atom. The molecule has 0 atom stereocenters. The maximum atomic E-state index is 14.3. The minimum absolute atomic E-state index is 0. The fourth-order valence-corrected chi connectivity index (χ4v) is 12.5. The second kappa shape index (κ2) is 42.3. The van der Waals surface area contributed by atoms with Crippen molar-refractivity contribution in [2.24, 2.45) is 0 Å². The van der Waals surface area contributed by atoms with Crippen molar-refractivity contribution in [3.63, 3.8) is 0 Å². The van der Waals surface area contributed by atoms with Gasteiger partial charge in [0.1, 0.15) is 10.9 Å². The number of carbonyl (C=O) groups is 1. The topological polar surface area (TPSA) is 258 Å². The summed E-state index contributed by atoms with van der Waals surface area (Å²) in [6.07, 6.45) is -16.1. The highest BCUT2D eigenvalue weighted by molar-refractivity contribution is 9.10. The van der Waals surface area contributed by atoms with Crippen LogP contribution in [0.15, 0.2) is 82.8 Å². The van der Waals surface area contributed by atoms with Gasteiger partial charge >= 0.3 is 58.2 Å². The van der Waals surface area contributed by atoms with Crippen molar-refractivity contribution in [3.05, 3.63) is 129 Å². The van der Waals surface area contributed by atoms with Crippen molar-refractivity contribution < 1.29 is 153 Å². The number of fused-ring (bicyclic) bond motifs is 2. The summed E-state index contributed by atoms with van der Waals surface area (Å²) >= 11 is 11.3. The van der Waals surface area contributed by atoms with Gasteiger partial charge in [0.25, 0.3) is 17.6 Å². The van der Waals surface area contributed by atoms with Gasteiger partial charge in [-0.3, -0.25) is 18.6 Å². The third kappa shape index (κ3) is 26.5. The second-order valence-corrected chi connectivity index (χ2v) is 35.1. The molecule has 5 saturated carbocycles. The lowest BCUT2D eigenvalue weighted by Gasteiger charge is -2.42. The SMILES string of the molecule is C.C.C.C.C.CC1(C)OB(B2OC(C)(C)C(C)(C)O2)OC1(C)C.CC1(C)OB(c2cnc(OC3(C(F)(F)F)CCC3)c(F)c2)OC1(C)C.FC(F)(F)c1nnc2cnc(Cl)cn12.Fc1cc(-c2cn3c(C(F)(F)F)nnc3cn2)cnc1OC1(C(F)(F)F)CCC1.Fc1cc(Br)cnc1F.Fc1cc(Br)cnc1OC1(C(F)(F)F)CCC1.O=C1CCC1.OC1(C(F)(F)F)CCC1. The van der Waals surface area contributed by atoms with Gasteiger partial charge in [0, 0.05) is 70.0 Å². The number of ether oxygens (including phenoxy) is 3.